The number of nitrogens with zero attached hydrogens (tertiary/aromatic N) is 1. The van der Waals surface area contributed by atoms with Gasteiger partial charge in [-0.1, -0.05) is 54.1 Å². The number of hydrogen-bond acceptors (Lipinski definition) is 5. The Balaban J connectivity index is 1.47. The van der Waals surface area contributed by atoms with E-state index in [1.54, 1.807) is 49.5 Å². The molecule has 4 rings (SSSR count). The van der Waals surface area contributed by atoms with Crippen LogP contribution in [0.1, 0.15) is 17.5 Å². The van der Waals surface area contributed by atoms with Gasteiger partial charge in [0, 0.05) is 18.1 Å². The Kier molecular flexibility index (Phi) is 8.69. The predicted octanol–water partition coefficient (Wildman–Crippen LogP) is 4.74. The van der Waals surface area contributed by atoms with Crippen LogP contribution in [0, 0.1) is 0 Å². The highest BCUT2D eigenvalue weighted by Crippen LogP contribution is 2.28. The predicted molar refractivity (Wildman–Crippen MR) is 143 cm³/mol. The number of carbonyl (C=O) groups excluding carboxylic acids is 2. The number of methoxy groups -OCH3 is 2. The highest BCUT2D eigenvalue weighted by atomic mass is 35.5. The molecule has 0 spiro atoms. The molecule has 1 saturated heterocycles. The zero-order valence-electron chi connectivity index (χ0n) is 20.8. The van der Waals surface area contributed by atoms with Crippen molar-refractivity contribution in [3.8, 4) is 17.2 Å². The van der Waals surface area contributed by atoms with Crippen LogP contribution in [0.5, 0.6) is 17.2 Å². The van der Waals surface area contributed by atoms with Crippen molar-refractivity contribution in [2.24, 2.45) is 0 Å². The Morgan fingerprint density at radius 1 is 1.00 bits per heavy atom. The molecule has 1 aliphatic heterocycles. The van der Waals surface area contributed by atoms with Crippen molar-refractivity contribution in [3.63, 3.8) is 0 Å². The number of benzene rings is 3. The molecule has 1 fully saturated rings. The van der Waals surface area contributed by atoms with Gasteiger partial charge in [0.2, 0.25) is 5.91 Å². The molecule has 1 aliphatic rings. The van der Waals surface area contributed by atoms with Gasteiger partial charge >= 0.3 is 0 Å². The number of ether oxygens (including phenoxy) is 3. The standard InChI is InChI=1S/C29H29ClN2O5/c1-35-26-13-8-21(16-27(26)36-2)17-31-29(34)25-15-22(14-20-6-4-3-5-7-20)18-32(25)28(33)19-37-24-11-9-23(30)10-12-24/h3-14,16,25H,15,17-19H2,1-2H3,(H,31,34)/t25-/m0/s1. The van der Waals surface area contributed by atoms with Crippen molar-refractivity contribution < 1.29 is 23.8 Å². The van der Waals surface area contributed by atoms with Gasteiger partial charge in [-0.05, 0) is 59.5 Å². The fraction of sp³-hybridized carbons (Fsp3) is 0.241. The first-order chi connectivity index (χ1) is 18.0. The summed E-state index contributed by atoms with van der Waals surface area (Å²) in [5.41, 5.74) is 2.87. The number of rotatable bonds is 9. The Bertz CT molecular complexity index is 1260. The Morgan fingerprint density at radius 2 is 1.73 bits per heavy atom. The maximum Gasteiger partial charge on any atom is 0.261 e. The molecule has 3 aromatic carbocycles. The Morgan fingerprint density at radius 3 is 2.43 bits per heavy atom. The van der Waals surface area contributed by atoms with Crippen LogP contribution in [-0.4, -0.2) is 50.1 Å². The molecule has 1 N–H and O–H groups in total. The summed E-state index contributed by atoms with van der Waals surface area (Å²) in [6.07, 6.45) is 2.47. The molecule has 2 amide bonds. The minimum absolute atomic E-state index is 0.181. The van der Waals surface area contributed by atoms with Crippen LogP contribution in [0.4, 0.5) is 0 Å². The summed E-state index contributed by atoms with van der Waals surface area (Å²) in [6.45, 7) is 0.461. The molecule has 0 bridgehead atoms. The van der Waals surface area contributed by atoms with Crippen LogP contribution in [-0.2, 0) is 16.1 Å². The molecule has 0 saturated carbocycles. The number of carbonyl (C=O) groups is 2. The zero-order valence-corrected chi connectivity index (χ0v) is 21.5. The van der Waals surface area contributed by atoms with E-state index in [2.05, 4.69) is 5.32 Å². The quantitative estimate of drug-likeness (QED) is 0.441. The fourth-order valence-corrected chi connectivity index (χ4v) is 4.32. The second-order valence-electron chi connectivity index (χ2n) is 8.60. The van der Waals surface area contributed by atoms with Crippen molar-refractivity contribution in [2.75, 3.05) is 27.4 Å². The molecule has 8 heteroatoms. The molecule has 3 aromatic rings. The molecule has 0 aliphatic carbocycles. The summed E-state index contributed by atoms with van der Waals surface area (Å²) in [7, 11) is 3.14. The maximum atomic E-state index is 13.3. The van der Waals surface area contributed by atoms with E-state index in [0.29, 0.717) is 35.2 Å². The highest BCUT2D eigenvalue weighted by Gasteiger charge is 2.36. The summed E-state index contributed by atoms with van der Waals surface area (Å²) in [4.78, 5) is 28.0. The molecular weight excluding hydrogens is 492 g/mol. The SMILES string of the molecule is COc1ccc(CNC(=O)[C@@H]2CC(=Cc3ccccc3)CN2C(=O)COc2ccc(Cl)cc2)cc1OC. The second kappa shape index (κ2) is 12.3. The van der Waals surface area contributed by atoms with Gasteiger partial charge in [0.05, 0.1) is 14.2 Å². The normalized spacial score (nSPS) is 15.9. The molecule has 37 heavy (non-hydrogen) atoms. The monoisotopic (exact) mass is 520 g/mol. The van der Waals surface area contributed by atoms with Gasteiger partial charge in [0.15, 0.2) is 18.1 Å². The van der Waals surface area contributed by atoms with Gasteiger partial charge in [0.1, 0.15) is 11.8 Å². The van der Waals surface area contributed by atoms with Crippen molar-refractivity contribution in [1.29, 1.82) is 0 Å². The zero-order chi connectivity index (χ0) is 26.2. The number of nitrogens with one attached hydrogen (secondary N) is 1. The minimum Gasteiger partial charge on any atom is -0.493 e. The molecular formula is C29H29ClN2O5. The van der Waals surface area contributed by atoms with Crippen molar-refractivity contribution in [3.05, 3.63) is 94.5 Å². The molecule has 7 nitrogen and oxygen atoms in total. The molecule has 1 heterocycles. The summed E-state index contributed by atoms with van der Waals surface area (Å²) >= 11 is 5.93. The maximum absolute atomic E-state index is 13.3. The first-order valence-corrected chi connectivity index (χ1v) is 12.3. The molecule has 192 valence electrons. The van der Waals surface area contributed by atoms with E-state index >= 15 is 0 Å². The fourth-order valence-electron chi connectivity index (χ4n) is 4.19. The van der Waals surface area contributed by atoms with E-state index in [-0.39, 0.29) is 25.0 Å². The number of likely N-dealkylation sites (tertiary alicyclic amines) is 1. The van der Waals surface area contributed by atoms with Gasteiger partial charge in [-0.15, -0.1) is 0 Å². The average molecular weight is 521 g/mol. The third kappa shape index (κ3) is 6.83. The van der Waals surface area contributed by atoms with E-state index in [1.807, 2.05) is 48.5 Å². The van der Waals surface area contributed by atoms with Gasteiger partial charge in [-0.2, -0.15) is 0 Å². The lowest BCUT2D eigenvalue weighted by atomic mass is 10.1. The topological polar surface area (TPSA) is 77.1 Å². The van der Waals surface area contributed by atoms with Crippen molar-refractivity contribution >= 4 is 29.5 Å². The van der Waals surface area contributed by atoms with Gasteiger partial charge in [-0.3, -0.25) is 9.59 Å². The van der Waals surface area contributed by atoms with E-state index in [4.69, 9.17) is 25.8 Å². The van der Waals surface area contributed by atoms with Gasteiger partial charge in [-0.25, -0.2) is 0 Å². The number of amides is 2. The van der Waals surface area contributed by atoms with E-state index in [1.165, 1.54) is 0 Å². The largest absolute Gasteiger partial charge is 0.493 e. The van der Waals surface area contributed by atoms with Crippen molar-refractivity contribution in [2.45, 2.75) is 19.0 Å². The summed E-state index contributed by atoms with van der Waals surface area (Å²) in [5, 5.41) is 3.55. The van der Waals surface area contributed by atoms with Crippen LogP contribution < -0.4 is 19.5 Å². The first kappa shape index (κ1) is 26.1. The van der Waals surface area contributed by atoms with Crippen LogP contribution in [0.2, 0.25) is 5.02 Å². The Hall–Kier alpha value is -3.97. The lowest BCUT2D eigenvalue weighted by Gasteiger charge is -2.23. The molecule has 0 radical (unpaired) electrons. The van der Waals surface area contributed by atoms with Crippen LogP contribution in [0.15, 0.2) is 78.4 Å². The summed E-state index contributed by atoms with van der Waals surface area (Å²) < 4.78 is 16.3. The first-order valence-electron chi connectivity index (χ1n) is 11.9. The summed E-state index contributed by atoms with van der Waals surface area (Å²) in [6, 6.07) is 21.5. The lowest BCUT2D eigenvalue weighted by molar-refractivity contribution is -0.139. The van der Waals surface area contributed by atoms with Crippen molar-refractivity contribution in [1.82, 2.24) is 10.2 Å². The smallest absolute Gasteiger partial charge is 0.261 e. The van der Waals surface area contributed by atoms with Gasteiger partial charge < -0.3 is 24.4 Å². The Labute approximate surface area is 221 Å². The third-order valence-electron chi connectivity index (χ3n) is 6.09. The van der Waals surface area contributed by atoms with Gasteiger partial charge in [0.25, 0.3) is 5.91 Å². The lowest BCUT2D eigenvalue weighted by Crippen LogP contribution is -2.47. The molecule has 0 unspecified atom stereocenters. The molecule has 0 aromatic heterocycles. The van der Waals surface area contributed by atoms with E-state index in [9.17, 15) is 9.59 Å². The van der Waals surface area contributed by atoms with E-state index < -0.39 is 6.04 Å². The van der Waals surface area contributed by atoms with Crippen LogP contribution in [0.25, 0.3) is 6.08 Å². The third-order valence-corrected chi connectivity index (χ3v) is 6.34. The average Bonchev–Trinajstić information content (AvgIpc) is 3.35. The molecule has 1 atom stereocenters. The van der Waals surface area contributed by atoms with E-state index in [0.717, 1.165) is 16.7 Å². The minimum atomic E-state index is -0.642. The van der Waals surface area contributed by atoms with Crippen LogP contribution >= 0.6 is 11.6 Å². The highest BCUT2D eigenvalue weighted by molar-refractivity contribution is 6.30. The summed E-state index contributed by atoms with van der Waals surface area (Å²) in [5.74, 6) is 1.23. The number of halogens is 1. The number of hydrogen-bond donors (Lipinski definition) is 1. The second-order valence-corrected chi connectivity index (χ2v) is 9.04. The van der Waals surface area contributed by atoms with Crippen LogP contribution in [0.3, 0.4) is 0 Å².